The van der Waals surface area contributed by atoms with E-state index in [1.54, 1.807) is 0 Å². The summed E-state index contributed by atoms with van der Waals surface area (Å²) >= 11 is 0. The minimum Gasteiger partial charge on any atom is -0.260 e. The van der Waals surface area contributed by atoms with Crippen molar-refractivity contribution in [2.45, 2.75) is 57.8 Å². The first kappa shape index (κ1) is 24.5. The van der Waals surface area contributed by atoms with Crippen molar-refractivity contribution in [3.05, 3.63) is 119 Å². The van der Waals surface area contributed by atoms with Gasteiger partial charge in [-0.2, -0.15) is 35.4 Å². The van der Waals surface area contributed by atoms with Crippen molar-refractivity contribution >= 4 is 0 Å². The van der Waals surface area contributed by atoms with Crippen LogP contribution in [0.15, 0.2) is 73.1 Å². The number of aromatic nitrogens is 2. The van der Waals surface area contributed by atoms with Crippen molar-refractivity contribution < 1.29 is 21.1 Å². The van der Waals surface area contributed by atoms with Crippen LogP contribution in [-0.2, 0) is 37.3 Å². The average Bonchev–Trinajstić information content (AvgIpc) is 3.06. The Morgan fingerprint density at radius 3 is 1.38 bits per heavy atom. The van der Waals surface area contributed by atoms with Crippen molar-refractivity contribution in [2.24, 2.45) is 0 Å². The molecule has 0 fully saturated rings. The molecule has 2 heterocycles. The molecule has 2 aromatic heterocycles. The van der Waals surface area contributed by atoms with Crippen molar-refractivity contribution in [1.82, 2.24) is 9.97 Å². The number of nitrogens with zero attached hydrogens (tertiary/aromatic N) is 2. The molecule has 34 heavy (non-hydrogen) atoms. The van der Waals surface area contributed by atoms with E-state index in [0.29, 0.717) is 0 Å². The number of hydrogen-bond donors (Lipinski definition) is 0. The molecule has 0 spiro atoms. The van der Waals surface area contributed by atoms with Gasteiger partial charge in [0.1, 0.15) is 0 Å². The SMILES string of the molecule is CC(C)(c1[c-]c2c(cc1)C(C)(C)c1ccc(C(C)(C)c3ccccn3)[c-]c1-2)c1ccccn1.[Pt+2]. The summed E-state index contributed by atoms with van der Waals surface area (Å²) in [4.78, 5) is 9.28. The summed E-state index contributed by atoms with van der Waals surface area (Å²) in [7, 11) is 0. The zero-order chi connectivity index (χ0) is 23.4. The van der Waals surface area contributed by atoms with E-state index in [-0.39, 0.29) is 37.3 Å². The van der Waals surface area contributed by atoms with Crippen LogP contribution in [0, 0.1) is 12.1 Å². The minimum atomic E-state index is -0.242. The van der Waals surface area contributed by atoms with Crippen LogP contribution in [0.4, 0.5) is 0 Å². The summed E-state index contributed by atoms with van der Waals surface area (Å²) < 4.78 is 0. The molecular weight excluding hydrogens is 595 g/mol. The zero-order valence-electron chi connectivity index (χ0n) is 20.6. The van der Waals surface area contributed by atoms with Gasteiger partial charge in [0.25, 0.3) is 0 Å². The van der Waals surface area contributed by atoms with Gasteiger partial charge in [-0.3, -0.25) is 9.97 Å². The van der Waals surface area contributed by atoms with Crippen LogP contribution in [-0.4, -0.2) is 9.97 Å². The summed E-state index contributed by atoms with van der Waals surface area (Å²) in [6, 6.07) is 28.8. The Morgan fingerprint density at radius 2 is 1.03 bits per heavy atom. The van der Waals surface area contributed by atoms with Crippen LogP contribution in [0.5, 0.6) is 0 Å². The third-order valence-electron chi connectivity index (χ3n) is 7.45. The average molecular weight is 626 g/mol. The minimum absolute atomic E-state index is 0. The van der Waals surface area contributed by atoms with Crippen molar-refractivity contribution in [1.29, 1.82) is 0 Å². The predicted octanol–water partition coefficient (Wildman–Crippen LogP) is 7.03. The van der Waals surface area contributed by atoms with Gasteiger partial charge in [0.2, 0.25) is 0 Å². The van der Waals surface area contributed by atoms with E-state index in [9.17, 15) is 0 Å². The molecule has 0 saturated heterocycles. The standard InChI is InChI=1S/C31H30N2.Pt/c1-29(2,27-11-7-9-17-32-27)21-13-15-25-23(19-21)24-20-22(14-16-26(24)31(25,5)6)30(3,4)28-12-8-10-18-33-28;/h7-18H,1-6H3;/q-2;+2. The Balaban J connectivity index is 0.00000274. The van der Waals surface area contributed by atoms with Gasteiger partial charge < -0.3 is 0 Å². The number of pyridine rings is 2. The molecule has 4 aromatic rings. The van der Waals surface area contributed by atoms with Gasteiger partial charge in [0.15, 0.2) is 0 Å². The molecule has 1 aliphatic carbocycles. The maximum absolute atomic E-state index is 4.64. The Kier molecular flexibility index (Phi) is 6.19. The monoisotopic (exact) mass is 625 g/mol. The van der Waals surface area contributed by atoms with E-state index in [1.165, 1.54) is 11.1 Å². The van der Waals surface area contributed by atoms with Gasteiger partial charge in [-0.1, -0.05) is 59.1 Å². The summed E-state index contributed by atoms with van der Waals surface area (Å²) in [6.07, 6.45) is 3.73. The first-order valence-electron chi connectivity index (χ1n) is 11.6. The Hall–Kier alpha value is -2.57. The topological polar surface area (TPSA) is 25.8 Å². The largest absolute Gasteiger partial charge is 2.00 e. The smallest absolute Gasteiger partial charge is 0.260 e. The van der Waals surface area contributed by atoms with Gasteiger partial charge in [-0.25, -0.2) is 11.1 Å². The van der Waals surface area contributed by atoms with Crippen LogP contribution in [0.3, 0.4) is 0 Å². The van der Waals surface area contributed by atoms with E-state index >= 15 is 0 Å². The first-order chi connectivity index (χ1) is 15.6. The number of rotatable bonds is 4. The summed E-state index contributed by atoms with van der Waals surface area (Å²) in [5.41, 5.74) is 8.76. The van der Waals surface area contributed by atoms with Gasteiger partial charge in [-0.05, 0) is 24.3 Å². The van der Waals surface area contributed by atoms with Crippen LogP contribution in [0.2, 0.25) is 0 Å². The molecule has 0 amide bonds. The number of fused-ring (bicyclic) bond motifs is 3. The second-order valence-electron chi connectivity index (χ2n) is 10.6. The van der Waals surface area contributed by atoms with Crippen LogP contribution >= 0.6 is 0 Å². The molecule has 0 bridgehead atoms. The predicted molar refractivity (Wildman–Crippen MR) is 134 cm³/mol. The fourth-order valence-electron chi connectivity index (χ4n) is 5.04. The molecule has 0 saturated carbocycles. The van der Waals surface area contributed by atoms with Gasteiger partial charge in [0, 0.05) is 34.6 Å². The third kappa shape index (κ3) is 3.77. The van der Waals surface area contributed by atoms with Crippen LogP contribution in [0.1, 0.15) is 75.2 Å². The molecule has 0 N–H and O–H groups in total. The van der Waals surface area contributed by atoms with Crippen molar-refractivity contribution in [2.75, 3.05) is 0 Å². The second kappa shape index (κ2) is 8.58. The molecular formula is C31H30N2Pt. The van der Waals surface area contributed by atoms with E-state index in [0.717, 1.165) is 33.6 Å². The molecule has 2 aromatic carbocycles. The zero-order valence-corrected chi connectivity index (χ0v) is 22.9. The maximum atomic E-state index is 4.64. The molecule has 5 rings (SSSR count). The Morgan fingerprint density at radius 1 is 0.618 bits per heavy atom. The molecule has 2 nitrogen and oxygen atoms in total. The Labute approximate surface area is 218 Å². The molecule has 0 radical (unpaired) electrons. The molecule has 0 atom stereocenters. The second-order valence-corrected chi connectivity index (χ2v) is 10.6. The maximum Gasteiger partial charge on any atom is 2.00 e. The van der Waals surface area contributed by atoms with Crippen LogP contribution < -0.4 is 0 Å². The summed E-state index contributed by atoms with van der Waals surface area (Å²) in [6.45, 7) is 13.5. The van der Waals surface area contributed by atoms with E-state index in [2.05, 4.69) is 112 Å². The quantitative estimate of drug-likeness (QED) is 0.228. The number of benzene rings is 2. The normalized spacial score (nSPS) is 14.2. The van der Waals surface area contributed by atoms with E-state index < -0.39 is 0 Å². The molecule has 0 aliphatic heterocycles. The van der Waals surface area contributed by atoms with Gasteiger partial charge in [0.05, 0.1) is 0 Å². The first-order valence-corrected chi connectivity index (χ1v) is 11.6. The molecule has 3 heteroatoms. The number of hydrogen-bond acceptors (Lipinski definition) is 2. The molecule has 174 valence electrons. The van der Waals surface area contributed by atoms with Gasteiger partial charge >= 0.3 is 21.1 Å². The summed E-state index contributed by atoms with van der Waals surface area (Å²) in [5.74, 6) is 0. The van der Waals surface area contributed by atoms with E-state index in [4.69, 9.17) is 0 Å². The molecule has 1 aliphatic rings. The third-order valence-corrected chi connectivity index (χ3v) is 7.45. The summed E-state index contributed by atoms with van der Waals surface area (Å²) in [5, 5.41) is 0. The Bertz CT molecular complexity index is 1220. The fourth-order valence-corrected chi connectivity index (χ4v) is 5.04. The van der Waals surface area contributed by atoms with Crippen molar-refractivity contribution in [3.8, 4) is 11.1 Å². The molecule has 0 unspecified atom stereocenters. The van der Waals surface area contributed by atoms with E-state index in [1.807, 2.05) is 24.5 Å². The fraction of sp³-hybridized carbons (Fsp3) is 0.290. The van der Waals surface area contributed by atoms with Gasteiger partial charge in [-0.15, -0.1) is 23.3 Å². The van der Waals surface area contributed by atoms with Crippen LogP contribution in [0.25, 0.3) is 11.1 Å². The van der Waals surface area contributed by atoms with Crippen molar-refractivity contribution in [3.63, 3.8) is 0 Å².